The number of hydrogen-bond donors (Lipinski definition) is 0. The Hall–Kier alpha value is -6.52. The number of hydrogen-bond acceptors (Lipinski definition) is 3. The lowest BCUT2D eigenvalue weighted by atomic mass is 9.76. The van der Waals surface area contributed by atoms with E-state index >= 15 is 0 Å². The van der Waals surface area contributed by atoms with E-state index in [-0.39, 0.29) is 23.3 Å². The molecule has 4 nitrogen and oxygen atoms in total. The summed E-state index contributed by atoms with van der Waals surface area (Å²) in [6, 6.07) is 39.9. The molecule has 6 atom stereocenters. The van der Waals surface area contributed by atoms with Gasteiger partial charge in [-0.1, -0.05) is 166 Å². The number of para-hydroxylation sites is 2. The van der Waals surface area contributed by atoms with E-state index in [0.29, 0.717) is 11.8 Å². The van der Waals surface area contributed by atoms with Gasteiger partial charge in [0.05, 0.1) is 22.9 Å². The van der Waals surface area contributed by atoms with Crippen LogP contribution in [0.5, 0.6) is 0 Å². The van der Waals surface area contributed by atoms with Crippen LogP contribution >= 0.6 is 0 Å². The first-order valence-corrected chi connectivity index (χ1v) is 21.8. The van der Waals surface area contributed by atoms with Gasteiger partial charge in [-0.2, -0.15) is 0 Å². The zero-order valence-corrected chi connectivity index (χ0v) is 34.8. The van der Waals surface area contributed by atoms with Crippen molar-refractivity contribution in [2.75, 3.05) is 4.90 Å². The minimum atomic E-state index is -0.160. The van der Waals surface area contributed by atoms with Crippen LogP contribution in [0.25, 0.3) is 50.9 Å². The second kappa shape index (κ2) is 14.3. The molecule has 6 aromatic rings. The molecule has 4 aliphatic carbocycles. The minimum Gasteiger partial charge on any atom is -0.333 e. The molecule has 0 saturated carbocycles. The fourth-order valence-corrected chi connectivity index (χ4v) is 10.7. The van der Waals surface area contributed by atoms with Crippen molar-refractivity contribution in [1.82, 2.24) is 14.5 Å². The van der Waals surface area contributed by atoms with Crippen LogP contribution in [0, 0.1) is 11.8 Å². The van der Waals surface area contributed by atoms with Gasteiger partial charge >= 0.3 is 0 Å². The summed E-state index contributed by atoms with van der Waals surface area (Å²) in [5, 5.41) is 1.35. The molecule has 0 fully saturated rings. The maximum absolute atomic E-state index is 5.51. The van der Waals surface area contributed by atoms with E-state index in [1.165, 1.54) is 55.9 Å². The van der Waals surface area contributed by atoms with Gasteiger partial charge in [0, 0.05) is 56.5 Å². The maximum atomic E-state index is 5.51. The summed E-state index contributed by atoms with van der Waals surface area (Å²) < 4.78 is 2.58. The van der Waals surface area contributed by atoms with Crippen LogP contribution in [-0.4, -0.2) is 20.6 Å². The van der Waals surface area contributed by atoms with Gasteiger partial charge in [0.15, 0.2) is 5.82 Å². The summed E-state index contributed by atoms with van der Waals surface area (Å²) in [4.78, 5) is 13.4. The zero-order valence-electron chi connectivity index (χ0n) is 34.8. The maximum Gasteiger partial charge on any atom is 0.160 e. The molecule has 2 aromatic heterocycles. The first-order chi connectivity index (χ1) is 29.4. The van der Waals surface area contributed by atoms with Crippen molar-refractivity contribution in [3.8, 4) is 22.6 Å². The topological polar surface area (TPSA) is 34.0 Å². The number of benzene rings is 4. The Bertz CT molecular complexity index is 2900. The van der Waals surface area contributed by atoms with Gasteiger partial charge in [0.1, 0.15) is 0 Å². The fourth-order valence-electron chi connectivity index (χ4n) is 10.7. The summed E-state index contributed by atoms with van der Waals surface area (Å²) >= 11 is 0. The molecule has 5 aliphatic rings. The second-order valence-corrected chi connectivity index (χ2v) is 17.7. The predicted octanol–water partition coefficient (Wildman–Crippen LogP) is 13.7. The normalized spacial score (nSPS) is 25.1. The Balaban J connectivity index is 1.12. The van der Waals surface area contributed by atoms with Gasteiger partial charge in [0.25, 0.3) is 0 Å². The summed E-state index contributed by atoms with van der Waals surface area (Å²) in [5.74, 6) is 1.77. The van der Waals surface area contributed by atoms with Gasteiger partial charge in [-0.25, -0.2) is 9.97 Å². The number of rotatable bonds is 6. The smallest absolute Gasteiger partial charge is 0.160 e. The molecule has 0 spiro atoms. The van der Waals surface area contributed by atoms with Crippen molar-refractivity contribution in [2.24, 2.45) is 11.8 Å². The third-order valence-corrected chi connectivity index (χ3v) is 13.8. The molecular formula is C56H50N4. The molecule has 4 heteroatoms. The lowest BCUT2D eigenvalue weighted by Gasteiger charge is -2.38. The molecule has 11 rings (SSSR count). The molecule has 294 valence electrons. The number of nitrogens with zero attached hydrogens (tertiary/aromatic N) is 4. The van der Waals surface area contributed by atoms with Crippen molar-refractivity contribution in [3.05, 3.63) is 204 Å². The predicted molar refractivity (Wildman–Crippen MR) is 250 cm³/mol. The molecule has 0 radical (unpaired) electrons. The first-order valence-electron chi connectivity index (χ1n) is 21.8. The van der Waals surface area contributed by atoms with E-state index in [9.17, 15) is 0 Å². The van der Waals surface area contributed by atoms with Crippen molar-refractivity contribution in [2.45, 2.75) is 63.8 Å². The van der Waals surface area contributed by atoms with Gasteiger partial charge in [-0.15, -0.1) is 0 Å². The number of allylic oxidation sites excluding steroid dienone is 10. The summed E-state index contributed by atoms with van der Waals surface area (Å²) in [6.07, 6.45) is 27.8. The summed E-state index contributed by atoms with van der Waals surface area (Å²) in [5.41, 5.74) is 15.7. The highest BCUT2D eigenvalue weighted by molar-refractivity contribution is 5.93. The highest BCUT2D eigenvalue weighted by atomic mass is 15.2. The summed E-state index contributed by atoms with van der Waals surface area (Å²) in [6.45, 7) is 9.45. The van der Waals surface area contributed by atoms with E-state index < -0.39 is 0 Å². The Morgan fingerprint density at radius 3 is 2.38 bits per heavy atom. The van der Waals surface area contributed by atoms with E-state index in [1.807, 2.05) is 0 Å². The van der Waals surface area contributed by atoms with Gasteiger partial charge in [-0.05, 0) is 84.2 Å². The Labute approximate surface area is 354 Å². The highest BCUT2D eigenvalue weighted by Crippen LogP contribution is 2.53. The average molecular weight is 779 g/mol. The van der Waals surface area contributed by atoms with E-state index in [0.717, 1.165) is 41.2 Å². The Kier molecular flexibility index (Phi) is 8.74. The fraction of sp³-hybridized carbons (Fsp3) is 0.214. The third kappa shape index (κ3) is 5.87. The van der Waals surface area contributed by atoms with Crippen molar-refractivity contribution in [3.63, 3.8) is 0 Å². The average Bonchev–Trinajstić information content (AvgIpc) is 3.77. The van der Waals surface area contributed by atoms with Crippen molar-refractivity contribution in [1.29, 1.82) is 0 Å². The van der Waals surface area contributed by atoms with Gasteiger partial charge < -0.3 is 9.47 Å². The van der Waals surface area contributed by atoms with E-state index in [4.69, 9.17) is 9.97 Å². The second-order valence-electron chi connectivity index (χ2n) is 17.7. The van der Waals surface area contributed by atoms with Crippen LogP contribution in [-0.2, 0) is 5.41 Å². The van der Waals surface area contributed by atoms with Crippen LogP contribution in [0.3, 0.4) is 0 Å². The Morgan fingerprint density at radius 2 is 1.53 bits per heavy atom. The monoisotopic (exact) mass is 778 g/mol. The van der Waals surface area contributed by atoms with Crippen molar-refractivity contribution < 1.29 is 0 Å². The number of fused-ring (bicyclic) bond motifs is 6. The minimum absolute atomic E-state index is 0.0481. The lowest BCUT2D eigenvalue weighted by Crippen LogP contribution is -2.41. The van der Waals surface area contributed by atoms with Crippen LogP contribution in [0.2, 0.25) is 0 Å². The molecule has 4 aromatic carbocycles. The molecule has 0 saturated heterocycles. The standard InChI is InChI=1S/C56H50N4/c1-36-16-14-20-42(32-36)39-27-29-40(30-28-39)47-35-48(58-55(57-47)41-18-6-5-7-19-41)45-33-43(59-50-24-11-9-22-46(50)56(4)31-13-12-26-53(56)59)34-52(38(45)3)60-49-23-10-8-21-44(49)54-37(2)17-15-25-51(54)60/h5-16,18-31,33-38,45,53H,17,32H2,1-4H3. The third-order valence-electron chi connectivity index (χ3n) is 13.8. The zero-order chi connectivity index (χ0) is 40.5. The van der Waals surface area contributed by atoms with Crippen LogP contribution < -0.4 is 4.90 Å². The van der Waals surface area contributed by atoms with Crippen LogP contribution in [0.15, 0.2) is 176 Å². The van der Waals surface area contributed by atoms with E-state index in [2.05, 4.69) is 213 Å². The molecule has 3 heterocycles. The summed E-state index contributed by atoms with van der Waals surface area (Å²) in [7, 11) is 0. The first kappa shape index (κ1) is 36.6. The van der Waals surface area contributed by atoms with E-state index in [1.54, 1.807) is 0 Å². The molecule has 0 amide bonds. The lowest BCUT2D eigenvalue weighted by molar-refractivity contribution is 0.538. The molecular weight excluding hydrogens is 729 g/mol. The molecule has 60 heavy (non-hydrogen) atoms. The van der Waals surface area contributed by atoms with Crippen LogP contribution in [0.1, 0.15) is 80.5 Å². The quantitative estimate of drug-likeness (QED) is 0.169. The molecule has 0 N–H and O–H groups in total. The number of aromatic nitrogens is 3. The highest BCUT2D eigenvalue weighted by Gasteiger charge is 2.47. The molecule has 6 unspecified atom stereocenters. The van der Waals surface area contributed by atoms with Gasteiger partial charge in [-0.3, -0.25) is 0 Å². The largest absolute Gasteiger partial charge is 0.333 e. The molecule has 1 aliphatic heterocycles. The molecule has 0 bridgehead atoms. The number of anilines is 1. The van der Waals surface area contributed by atoms with Crippen molar-refractivity contribution >= 4 is 33.9 Å². The van der Waals surface area contributed by atoms with Gasteiger partial charge in [0.2, 0.25) is 0 Å². The SMILES string of the molecule is CC1C=CC=C(c2ccc(-c3cc(C4C=C(N5c6ccccc6C6(C)C=CC=CC56)C=C(n5c6c(c7ccccc75)C(C)CC=C6)C4C)nc(-c4ccccc4)n3)cc2)C1. The van der Waals surface area contributed by atoms with Crippen LogP contribution in [0.4, 0.5) is 5.69 Å². The Morgan fingerprint density at radius 1 is 0.750 bits per heavy atom.